The van der Waals surface area contributed by atoms with Gasteiger partial charge in [0.1, 0.15) is 12.4 Å². The molecule has 0 saturated heterocycles. The van der Waals surface area contributed by atoms with E-state index in [0.717, 1.165) is 5.56 Å². The van der Waals surface area contributed by atoms with Gasteiger partial charge in [-0.2, -0.15) is 0 Å². The molecule has 1 N–H and O–H groups in total. The van der Waals surface area contributed by atoms with Gasteiger partial charge in [-0.3, -0.25) is 10.1 Å². The van der Waals surface area contributed by atoms with E-state index in [1.165, 1.54) is 12.1 Å². The summed E-state index contributed by atoms with van der Waals surface area (Å²) in [6.07, 6.45) is -0.552. The minimum absolute atomic E-state index is 0.00398. The van der Waals surface area contributed by atoms with Crippen molar-refractivity contribution in [2.75, 3.05) is 0 Å². The molecule has 2 rings (SSSR count). The number of aliphatic hydroxyl groups is 1. The summed E-state index contributed by atoms with van der Waals surface area (Å²) in [7, 11) is 0. The number of ether oxygens (including phenoxy) is 1. The molecule has 110 valence electrons. The molecular formula is C15H14ClNO4. The van der Waals surface area contributed by atoms with Gasteiger partial charge in [0.05, 0.1) is 21.6 Å². The van der Waals surface area contributed by atoms with Crippen molar-refractivity contribution in [2.24, 2.45) is 0 Å². The maximum Gasteiger partial charge on any atom is 0.277 e. The lowest BCUT2D eigenvalue weighted by atomic mass is 10.1. The molecule has 0 fully saturated rings. The molecule has 2 aromatic carbocycles. The van der Waals surface area contributed by atoms with Crippen LogP contribution < -0.4 is 4.74 Å². The maximum absolute atomic E-state index is 11.0. The predicted octanol–water partition coefficient (Wildman–Crippen LogP) is 3.88. The largest absolute Gasteiger partial charge is 0.489 e. The highest BCUT2D eigenvalue weighted by molar-refractivity contribution is 6.31. The van der Waals surface area contributed by atoms with Crippen molar-refractivity contribution in [3.05, 3.63) is 68.7 Å². The van der Waals surface area contributed by atoms with E-state index in [0.29, 0.717) is 16.3 Å². The Morgan fingerprint density at radius 1 is 1.29 bits per heavy atom. The fourth-order valence-corrected chi connectivity index (χ4v) is 2.08. The van der Waals surface area contributed by atoms with Crippen molar-refractivity contribution in [3.8, 4) is 5.75 Å². The number of nitrogens with zero attached hydrogens (tertiary/aromatic N) is 1. The van der Waals surface area contributed by atoms with Crippen molar-refractivity contribution >= 4 is 17.3 Å². The number of hydrogen-bond acceptors (Lipinski definition) is 4. The average molecular weight is 308 g/mol. The van der Waals surface area contributed by atoms with E-state index in [1.807, 2.05) is 0 Å². The van der Waals surface area contributed by atoms with Gasteiger partial charge in [-0.15, -0.1) is 0 Å². The van der Waals surface area contributed by atoms with Gasteiger partial charge in [0.2, 0.25) is 0 Å². The second-order valence-electron chi connectivity index (χ2n) is 4.53. The highest BCUT2D eigenvalue weighted by atomic mass is 35.5. The highest BCUT2D eigenvalue weighted by Gasteiger charge is 2.17. The highest BCUT2D eigenvalue weighted by Crippen LogP contribution is 2.28. The van der Waals surface area contributed by atoms with E-state index in [4.69, 9.17) is 16.3 Å². The molecule has 0 aliphatic heterocycles. The number of benzene rings is 2. The summed E-state index contributed by atoms with van der Waals surface area (Å²) in [6.45, 7) is 1.67. The van der Waals surface area contributed by atoms with E-state index < -0.39 is 11.0 Å². The Morgan fingerprint density at radius 3 is 2.52 bits per heavy atom. The van der Waals surface area contributed by atoms with Gasteiger partial charge in [-0.25, -0.2) is 0 Å². The lowest BCUT2D eigenvalue weighted by Crippen LogP contribution is -2.01. The van der Waals surface area contributed by atoms with E-state index in [-0.39, 0.29) is 12.3 Å². The van der Waals surface area contributed by atoms with Crippen molar-refractivity contribution < 1.29 is 14.8 Å². The molecule has 1 unspecified atom stereocenters. The molecule has 0 aliphatic carbocycles. The predicted molar refractivity (Wildman–Crippen MR) is 79.5 cm³/mol. The fraction of sp³-hybridized carbons (Fsp3) is 0.200. The summed E-state index contributed by atoms with van der Waals surface area (Å²) in [4.78, 5) is 10.5. The van der Waals surface area contributed by atoms with Crippen LogP contribution in [0.3, 0.4) is 0 Å². The Bertz CT molecular complexity index is 641. The van der Waals surface area contributed by atoms with Crippen LogP contribution in [0.4, 0.5) is 5.69 Å². The van der Waals surface area contributed by atoms with E-state index >= 15 is 0 Å². The maximum atomic E-state index is 11.0. The molecule has 5 nitrogen and oxygen atoms in total. The summed E-state index contributed by atoms with van der Waals surface area (Å²) in [5, 5.41) is 20.7. The van der Waals surface area contributed by atoms with Crippen LogP contribution >= 0.6 is 11.6 Å². The molecule has 0 aromatic heterocycles. The van der Waals surface area contributed by atoms with Gasteiger partial charge < -0.3 is 9.84 Å². The summed E-state index contributed by atoms with van der Waals surface area (Å²) < 4.78 is 5.53. The summed E-state index contributed by atoms with van der Waals surface area (Å²) >= 11 is 5.99. The Morgan fingerprint density at radius 2 is 1.95 bits per heavy atom. The van der Waals surface area contributed by atoms with Crippen LogP contribution in [0, 0.1) is 10.1 Å². The molecule has 0 aliphatic rings. The van der Waals surface area contributed by atoms with Gasteiger partial charge in [-0.1, -0.05) is 29.8 Å². The third-order valence-corrected chi connectivity index (χ3v) is 3.39. The lowest BCUT2D eigenvalue weighted by Gasteiger charge is -2.10. The third kappa shape index (κ3) is 3.71. The summed E-state index contributed by atoms with van der Waals surface area (Å²) in [5.41, 5.74) is 1.04. The van der Waals surface area contributed by atoms with Crippen molar-refractivity contribution in [2.45, 2.75) is 19.6 Å². The third-order valence-electron chi connectivity index (χ3n) is 3.04. The van der Waals surface area contributed by atoms with Crippen LogP contribution in [0.25, 0.3) is 0 Å². The molecule has 2 aromatic rings. The van der Waals surface area contributed by atoms with Crippen LogP contribution in [0.5, 0.6) is 5.75 Å². The normalized spacial score (nSPS) is 12.0. The zero-order valence-corrected chi connectivity index (χ0v) is 12.1. The Hall–Kier alpha value is -2.11. The summed E-state index contributed by atoms with van der Waals surface area (Å²) in [6, 6.07) is 11.4. The first kappa shape index (κ1) is 15.3. The number of rotatable bonds is 5. The van der Waals surface area contributed by atoms with Crippen LogP contribution in [0.15, 0.2) is 42.5 Å². The van der Waals surface area contributed by atoms with Crippen LogP contribution in [-0.4, -0.2) is 10.0 Å². The van der Waals surface area contributed by atoms with Crippen molar-refractivity contribution in [3.63, 3.8) is 0 Å². The molecule has 0 bridgehead atoms. The van der Waals surface area contributed by atoms with Crippen molar-refractivity contribution in [1.82, 2.24) is 0 Å². The molecule has 0 spiro atoms. The Labute approximate surface area is 126 Å². The molecule has 0 heterocycles. The Balaban J connectivity index is 2.15. The topological polar surface area (TPSA) is 72.6 Å². The lowest BCUT2D eigenvalue weighted by molar-refractivity contribution is -0.385. The molecule has 0 radical (unpaired) electrons. The number of nitro benzene ring substituents is 1. The molecule has 0 saturated carbocycles. The van der Waals surface area contributed by atoms with Crippen molar-refractivity contribution in [1.29, 1.82) is 0 Å². The van der Waals surface area contributed by atoms with Gasteiger partial charge in [0, 0.05) is 6.07 Å². The monoisotopic (exact) mass is 307 g/mol. The van der Waals surface area contributed by atoms with E-state index in [1.54, 1.807) is 37.3 Å². The SMILES string of the molecule is CC(O)c1ccc(OCc2c(Cl)cccc2[N+](=O)[O-])cc1. The fourth-order valence-electron chi connectivity index (χ4n) is 1.86. The standard InChI is InChI=1S/C15H14ClNO4/c1-10(18)11-5-7-12(8-6-11)21-9-13-14(16)3-2-4-15(13)17(19)20/h2-8,10,18H,9H2,1H3. The minimum Gasteiger partial charge on any atom is -0.489 e. The number of nitro groups is 1. The molecule has 21 heavy (non-hydrogen) atoms. The quantitative estimate of drug-likeness (QED) is 0.672. The first-order valence-electron chi connectivity index (χ1n) is 6.31. The van der Waals surface area contributed by atoms with Gasteiger partial charge >= 0.3 is 0 Å². The van der Waals surface area contributed by atoms with Crippen LogP contribution in [-0.2, 0) is 6.61 Å². The molecule has 1 atom stereocenters. The average Bonchev–Trinajstić information content (AvgIpc) is 2.46. The number of hydrogen-bond donors (Lipinski definition) is 1. The smallest absolute Gasteiger partial charge is 0.277 e. The molecule has 6 heteroatoms. The van der Waals surface area contributed by atoms with Gasteiger partial charge in [0.25, 0.3) is 5.69 Å². The number of halogens is 1. The minimum atomic E-state index is -0.552. The zero-order chi connectivity index (χ0) is 15.4. The number of aliphatic hydroxyl groups excluding tert-OH is 1. The Kier molecular flexibility index (Phi) is 4.77. The van der Waals surface area contributed by atoms with Crippen LogP contribution in [0.2, 0.25) is 5.02 Å². The van der Waals surface area contributed by atoms with Crippen LogP contribution in [0.1, 0.15) is 24.2 Å². The van der Waals surface area contributed by atoms with Gasteiger partial charge in [0.15, 0.2) is 0 Å². The first-order chi connectivity index (χ1) is 9.99. The molecular weight excluding hydrogens is 294 g/mol. The zero-order valence-electron chi connectivity index (χ0n) is 11.3. The van der Waals surface area contributed by atoms with Gasteiger partial charge in [-0.05, 0) is 30.7 Å². The van der Waals surface area contributed by atoms with E-state index in [2.05, 4.69) is 0 Å². The molecule has 0 amide bonds. The second kappa shape index (κ2) is 6.56. The first-order valence-corrected chi connectivity index (χ1v) is 6.69. The second-order valence-corrected chi connectivity index (χ2v) is 4.94. The summed E-state index contributed by atoms with van der Waals surface area (Å²) in [5.74, 6) is 0.550. The van der Waals surface area contributed by atoms with E-state index in [9.17, 15) is 15.2 Å².